The largest absolute Gasteiger partial charge is 0.354 e. The quantitative estimate of drug-likeness (QED) is 0.197. The number of carbonyl (C=O) groups is 1. The van der Waals surface area contributed by atoms with Gasteiger partial charge in [-0.25, -0.2) is 14.3 Å². The Bertz CT molecular complexity index is 1730. The molecule has 35 heavy (non-hydrogen) atoms. The first-order valence-electron chi connectivity index (χ1n) is 10.7. The summed E-state index contributed by atoms with van der Waals surface area (Å²) in [4.78, 5) is 21.1. The Morgan fingerprint density at radius 2 is 1.80 bits per heavy atom. The second-order valence-electron chi connectivity index (χ2n) is 8.23. The molecule has 4 N–H and O–H groups in total. The fourth-order valence-electron chi connectivity index (χ4n) is 4.13. The Balaban J connectivity index is 1.69. The van der Waals surface area contributed by atoms with Gasteiger partial charge in [0.2, 0.25) is 0 Å². The standard InChI is InChI=1S/C25H22N6O3S/c1-31-10-7-15-3-4-16(12-22(15)31)19-13-18(14-21-24(19)28-9-8-27-21)29-20-11-17(25(32)30-26)5-6-23(20)35(2,33)34/h3-14,29H,26H2,1-2H3,(H,30,32). The van der Waals surface area contributed by atoms with Crippen LogP contribution in [0.4, 0.5) is 11.4 Å². The molecule has 3 aromatic carbocycles. The van der Waals surface area contributed by atoms with E-state index in [1.165, 1.54) is 18.2 Å². The number of fused-ring (bicyclic) bond motifs is 2. The predicted octanol–water partition coefficient (Wildman–Crippen LogP) is 3.54. The van der Waals surface area contributed by atoms with E-state index in [-0.39, 0.29) is 16.1 Å². The number of nitrogen functional groups attached to an aromatic ring is 1. The van der Waals surface area contributed by atoms with Gasteiger partial charge in [0, 0.05) is 54.2 Å². The molecule has 0 fully saturated rings. The maximum Gasteiger partial charge on any atom is 0.265 e. The zero-order valence-corrected chi connectivity index (χ0v) is 19.8. The number of nitrogens with two attached hydrogens (primary N) is 1. The van der Waals surface area contributed by atoms with Crippen LogP contribution >= 0.6 is 0 Å². The summed E-state index contributed by atoms with van der Waals surface area (Å²) in [5.74, 6) is 4.73. The minimum atomic E-state index is -3.59. The number of hydrogen-bond donors (Lipinski definition) is 3. The van der Waals surface area contributed by atoms with Crippen molar-refractivity contribution in [2.75, 3.05) is 11.6 Å². The molecule has 5 rings (SSSR count). The average molecular weight is 487 g/mol. The number of hydrazine groups is 1. The van der Waals surface area contributed by atoms with Gasteiger partial charge in [-0.1, -0.05) is 12.1 Å². The van der Waals surface area contributed by atoms with E-state index in [2.05, 4.69) is 26.8 Å². The lowest BCUT2D eigenvalue weighted by Gasteiger charge is -2.15. The van der Waals surface area contributed by atoms with E-state index in [1.54, 1.807) is 18.5 Å². The molecule has 9 nitrogen and oxygen atoms in total. The van der Waals surface area contributed by atoms with Crippen LogP contribution in [0, 0.1) is 0 Å². The number of aromatic nitrogens is 3. The number of amides is 1. The lowest BCUT2D eigenvalue weighted by atomic mass is 10.0. The highest BCUT2D eigenvalue weighted by molar-refractivity contribution is 7.90. The molecule has 0 unspecified atom stereocenters. The molecule has 0 spiro atoms. The van der Waals surface area contributed by atoms with E-state index in [0.29, 0.717) is 16.7 Å². The maximum atomic E-state index is 12.4. The number of nitrogens with one attached hydrogen (secondary N) is 2. The molecular weight excluding hydrogens is 464 g/mol. The number of aryl methyl sites for hydroxylation is 1. The predicted molar refractivity (Wildman–Crippen MR) is 136 cm³/mol. The van der Waals surface area contributed by atoms with Crippen molar-refractivity contribution in [1.29, 1.82) is 0 Å². The SMILES string of the molecule is Cn1ccc2ccc(-c3cc(Nc4cc(C(=O)NN)ccc4S(C)(=O)=O)cc4nccnc34)cc21. The molecule has 0 bridgehead atoms. The molecule has 1 amide bonds. The minimum absolute atomic E-state index is 0.0529. The van der Waals surface area contributed by atoms with Crippen LogP contribution in [0.2, 0.25) is 0 Å². The summed E-state index contributed by atoms with van der Waals surface area (Å²) in [6.45, 7) is 0. The summed E-state index contributed by atoms with van der Waals surface area (Å²) in [6.07, 6.45) is 6.35. The Kier molecular flexibility index (Phi) is 5.46. The second-order valence-corrected chi connectivity index (χ2v) is 10.2. The highest BCUT2D eigenvalue weighted by Gasteiger charge is 2.18. The molecule has 0 aliphatic heterocycles. The molecule has 0 radical (unpaired) electrons. The van der Waals surface area contributed by atoms with Crippen LogP contribution in [0.3, 0.4) is 0 Å². The molecule has 2 heterocycles. The fourth-order valence-corrected chi connectivity index (χ4v) is 4.95. The summed E-state index contributed by atoms with van der Waals surface area (Å²) in [5.41, 5.74) is 7.32. The normalized spacial score (nSPS) is 11.6. The molecule has 2 aromatic heterocycles. The lowest BCUT2D eigenvalue weighted by Crippen LogP contribution is -2.30. The zero-order valence-electron chi connectivity index (χ0n) is 19.0. The molecular formula is C25H22N6O3S. The van der Waals surface area contributed by atoms with Gasteiger partial charge in [-0.15, -0.1) is 0 Å². The van der Waals surface area contributed by atoms with Crippen LogP contribution in [0.25, 0.3) is 33.1 Å². The number of benzene rings is 3. The molecule has 5 aromatic rings. The molecule has 0 saturated heterocycles. The highest BCUT2D eigenvalue weighted by Crippen LogP contribution is 2.34. The number of nitrogens with zero attached hydrogens (tertiary/aromatic N) is 3. The van der Waals surface area contributed by atoms with Gasteiger partial charge in [0.25, 0.3) is 5.91 Å². The first-order chi connectivity index (χ1) is 16.7. The van der Waals surface area contributed by atoms with Gasteiger partial charge < -0.3 is 9.88 Å². The Labute approximate surface area is 201 Å². The monoisotopic (exact) mass is 486 g/mol. The van der Waals surface area contributed by atoms with Crippen molar-refractivity contribution < 1.29 is 13.2 Å². The Morgan fingerprint density at radius 1 is 1.00 bits per heavy atom. The summed E-state index contributed by atoms with van der Waals surface area (Å²) in [7, 11) is -1.60. The van der Waals surface area contributed by atoms with Crippen LogP contribution in [-0.2, 0) is 16.9 Å². The Morgan fingerprint density at radius 3 is 2.57 bits per heavy atom. The topological polar surface area (TPSA) is 132 Å². The van der Waals surface area contributed by atoms with Crippen molar-refractivity contribution in [2.24, 2.45) is 12.9 Å². The van der Waals surface area contributed by atoms with E-state index in [1.807, 2.05) is 42.1 Å². The van der Waals surface area contributed by atoms with Crippen LogP contribution in [-0.4, -0.2) is 35.1 Å². The first-order valence-corrected chi connectivity index (χ1v) is 12.6. The number of rotatable bonds is 5. The van der Waals surface area contributed by atoms with Gasteiger partial charge in [-0.2, -0.15) is 0 Å². The fraction of sp³-hybridized carbons (Fsp3) is 0.0800. The van der Waals surface area contributed by atoms with Crippen LogP contribution in [0.15, 0.2) is 78.1 Å². The highest BCUT2D eigenvalue weighted by atomic mass is 32.2. The molecule has 0 saturated carbocycles. The van der Waals surface area contributed by atoms with E-state index >= 15 is 0 Å². The van der Waals surface area contributed by atoms with E-state index in [0.717, 1.165) is 28.3 Å². The number of sulfone groups is 1. The van der Waals surface area contributed by atoms with Crippen LogP contribution < -0.4 is 16.6 Å². The van der Waals surface area contributed by atoms with Gasteiger partial charge >= 0.3 is 0 Å². The van der Waals surface area contributed by atoms with Crippen molar-refractivity contribution in [3.8, 4) is 11.1 Å². The third-order valence-corrected chi connectivity index (χ3v) is 6.98. The third kappa shape index (κ3) is 4.20. The number of hydrogen-bond acceptors (Lipinski definition) is 7. The molecule has 176 valence electrons. The van der Waals surface area contributed by atoms with Gasteiger partial charge in [-0.05, 0) is 53.4 Å². The number of anilines is 2. The molecule has 10 heteroatoms. The summed E-state index contributed by atoms with van der Waals surface area (Å²) < 4.78 is 26.9. The van der Waals surface area contributed by atoms with Crippen LogP contribution in [0.1, 0.15) is 10.4 Å². The number of carbonyl (C=O) groups excluding carboxylic acids is 1. The smallest absolute Gasteiger partial charge is 0.265 e. The summed E-state index contributed by atoms with van der Waals surface area (Å²) in [6, 6.07) is 16.1. The van der Waals surface area contributed by atoms with Gasteiger partial charge in [-0.3, -0.25) is 20.2 Å². The van der Waals surface area contributed by atoms with E-state index in [9.17, 15) is 13.2 Å². The second kappa shape index (κ2) is 8.49. The molecule has 0 aliphatic rings. The van der Waals surface area contributed by atoms with Crippen molar-refractivity contribution >= 4 is 49.1 Å². The Hall–Kier alpha value is -4.28. The zero-order chi connectivity index (χ0) is 24.7. The van der Waals surface area contributed by atoms with E-state index in [4.69, 9.17) is 5.84 Å². The van der Waals surface area contributed by atoms with Crippen molar-refractivity contribution in [1.82, 2.24) is 20.0 Å². The minimum Gasteiger partial charge on any atom is -0.354 e. The average Bonchev–Trinajstić information content (AvgIpc) is 3.22. The summed E-state index contributed by atoms with van der Waals surface area (Å²) >= 11 is 0. The van der Waals surface area contributed by atoms with Gasteiger partial charge in [0.1, 0.15) is 0 Å². The molecule has 0 atom stereocenters. The lowest BCUT2D eigenvalue weighted by molar-refractivity contribution is 0.0953. The van der Waals surface area contributed by atoms with Gasteiger partial charge in [0.15, 0.2) is 9.84 Å². The summed E-state index contributed by atoms with van der Waals surface area (Å²) in [5, 5.41) is 4.29. The maximum absolute atomic E-state index is 12.4. The van der Waals surface area contributed by atoms with Crippen molar-refractivity contribution in [3.05, 3.63) is 78.8 Å². The first kappa shape index (κ1) is 22.5. The van der Waals surface area contributed by atoms with Crippen molar-refractivity contribution in [3.63, 3.8) is 0 Å². The third-order valence-electron chi connectivity index (χ3n) is 5.82. The van der Waals surface area contributed by atoms with Gasteiger partial charge in [0.05, 0.1) is 21.6 Å². The van der Waals surface area contributed by atoms with E-state index < -0.39 is 15.7 Å². The van der Waals surface area contributed by atoms with Crippen molar-refractivity contribution in [2.45, 2.75) is 4.90 Å². The van der Waals surface area contributed by atoms with Crippen LogP contribution in [0.5, 0.6) is 0 Å². The molecule has 0 aliphatic carbocycles.